The number of aromatic nitrogens is 1. The van der Waals surface area contributed by atoms with Gasteiger partial charge >= 0.3 is 6.03 Å². The summed E-state index contributed by atoms with van der Waals surface area (Å²) in [7, 11) is 2.05. The van der Waals surface area contributed by atoms with Gasteiger partial charge in [-0.25, -0.2) is 4.79 Å². The lowest BCUT2D eigenvalue weighted by Crippen LogP contribution is -2.47. The highest BCUT2D eigenvalue weighted by Gasteiger charge is 2.31. The van der Waals surface area contributed by atoms with E-state index >= 15 is 0 Å². The van der Waals surface area contributed by atoms with Crippen molar-refractivity contribution in [2.75, 3.05) is 32.1 Å². The van der Waals surface area contributed by atoms with E-state index in [9.17, 15) is 14.7 Å². The zero-order valence-corrected chi connectivity index (χ0v) is 21.9. The Morgan fingerprint density at radius 1 is 1.25 bits per heavy atom. The third-order valence-electron chi connectivity index (χ3n) is 6.29. The van der Waals surface area contributed by atoms with Crippen molar-refractivity contribution in [3.8, 4) is 5.75 Å². The molecule has 0 saturated heterocycles. The van der Waals surface area contributed by atoms with E-state index in [1.54, 1.807) is 29.4 Å². The van der Waals surface area contributed by atoms with Crippen LogP contribution < -0.4 is 15.4 Å². The number of hydrogen-bond donors (Lipinski definition) is 3. The number of carbonyl (C=O) groups excluding carboxylic acids is 2. The lowest BCUT2D eigenvalue weighted by molar-refractivity contribution is -0.134. The van der Waals surface area contributed by atoms with Crippen LogP contribution in [0.1, 0.15) is 38.8 Å². The third-order valence-corrected chi connectivity index (χ3v) is 6.29. The number of urea groups is 1. The topological polar surface area (TPSA) is 107 Å². The quantitative estimate of drug-likeness (QED) is 0.518. The number of fused-ring (bicyclic) bond motifs is 1. The average Bonchev–Trinajstić information content (AvgIpc) is 2.86. The van der Waals surface area contributed by atoms with Crippen molar-refractivity contribution in [1.29, 1.82) is 0 Å². The number of nitrogens with one attached hydrogen (secondary N) is 2. The summed E-state index contributed by atoms with van der Waals surface area (Å²) in [5.74, 6) is 0.567. The molecule has 0 saturated carbocycles. The van der Waals surface area contributed by atoms with E-state index in [1.165, 1.54) is 0 Å². The average molecular weight is 498 g/mol. The van der Waals surface area contributed by atoms with E-state index in [-0.39, 0.29) is 49.1 Å². The fourth-order valence-electron chi connectivity index (χ4n) is 4.33. The second kappa shape index (κ2) is 12.7. The van der Waals surface area contributed by atoms with E-state index in [0.29, 0.717) is 30.1 Å². The van der Waals surface area contributed by atoms with Crippen LogP contribution in [0.3, 0.4) is 0 Å². The SMILES string of the molecule is CC(C)NC(=O)Nc1ccc2c(c1)CC(=O)N([C@H](C)CO)C[C@H](C)[C@H](CN(C)Cc1ccncc1)O2. The van der Waals surface area contributed by atoms with Crippen LogP contribution in [0.15, 0.2) is 42.7 Å². The summed E-state index contributed by atoms with van der Waals surface area (Å²) in [5, 5.41) is 15.4. The lowest BCUT2D eigenvalue weighted by Gasteiger charge is -2.34. The smallest absolute Gasteiger partial charge is 0.319 e. The number of amides is 3. The fourth-order valence-corrected chi connectivity index (χ4v) is 4.33. The van der Waals surface area contributed by atoms with E-state index in [1.807, 2.05) is 46.0 Å². The zero-order valence-electron chi connectivity index (χ0n) is 21.9. The van der Waals surface area contributed by atoms with Gasteiger partial charge in [0.05, 0.1) is 19.1 Å². The fraction of sp³-hybridized carbons (Fsp3) is 0.519. The molecule has 0 aliphatic carbocycles. The molecular weight excluding hydrogens is 458 g/mol. The Hall–Kier alpha value is -3.17. The molecule has 1 aliphatic heterocycles. The van der Waals surface area contributed by atoms with Crippen molar-refractivity contribution in [3.05, 3.63) is 53.9 Å². The third kappa shape index (κ3) is 7.66. The van der Waals surface area contributed by atoms with Crippen LogP contribution in [0.2, 0.25) is 0 Å². The Morgan fingerprint density at radius 3 is 2.64 bits per heavy atom. The monoisotopic (exact) mass is 497 g/mol. The van der Waals surface area contributed by atoms with Gasteiger partial charge in [-0.1, -0.05) is 6.92 Å². The summed E-state index contributed by atoms with van der Waals surface area (Å²) in [6.45, 7) is 9.45. The molecule has 0 fully saturated rings. The van der Waals surface area contributed by atoms with Crippen LogP contribution in [0.5, 0.6) is 5.75 Å². The molecule has 196 valence electrons. The highest BCUT2D eigenvalue weighted by molar-refractivity contribution is 5.90. The Balaban J connectivity index is 1.87. The Kier molecular flexibility index (Phi) is 9.66. The first-order valence-electron chi connectivity index (χ1n) is 12.5. The molecule has 9 heteroatoms. The first-order valence-corrected chi connectivity index (χ1v) is 12.5. The second-order valence-electron chi connectivity index (χ2n) is 10.0. The standard InChI is InChI=1S/C27H39N5O4/c1-18(2)29-27(35)30-23-6-7-24-22(12-23)13-26(34)32(20(4)17-33)14-19(3)25(36-24)16-31(5)15-21-8-10-28-11-9-21/h6-12,18-20,25,33H,13-17H2,1-5H3,(H2,29,30,35)/t19-,20+,25-/m0/s1. The minimum Gasteiger partial charge on any atom is -0.488 e. The summed E-state index contributed by atoms with van der Waals surface area (Å²) in [4.78, 5) is 33.6. The van der Waals surface area contributed by atoms with Crippen LogP contribution in [0.4, 0.5) is 10.5 Å². The molecule has 36 heavy (non-hydrogen) atoms. The van der Waals surface area contributed by atoms with Crippen LogP contribution in [-0.2, 0) is 17.8 Å². The van der Waals surface area contributed by atoms with Gasteiger partial charge in [0, 0.05) is 55.2 Å². The van der Waals surface area contributed by atoms with E-state index in [4.69, 9.17) is 4.74 Å². The molecule has 3 amide bonds. The molecule has 1 aliphatic rings. The van der Waals surface area contributed by atoms with Crippen molar-refractivity contribution >= 4 is 17.6 Å². The molecule has 0 bridgehead atoms. The summed E-state index contributed by atoms with van der Waals surface area (Å²) in [6.07, 6.45) is 3.49. The van der Waals surface area contributed by atoms with Crippen molar-refractivity contribution < 1.29 is 19.4 Å². The largest absolute Gasteiger partial charge is 0.488 e. The first-order chi connectivity index (χ1) is 17.2. The number of carbonyl (C=O) groups is 2. The van der Waals surface area contributed by atoms with Crippen LogP contribution in [-0.4, -0.2) is 76.8 Å². The number of hydrogen-bond acceptors (Lipinski definition) is 6. The van der Waals surface area contributed by atoms with Gasteiger partial charge in [-0.3, -0.25) is 14.7 Å². The van der Waals surface area contributed by atoms with E-state index < -0.39 is 0 Å². The maximum absolute atomic E-state index is 13.3. The normalized spacial score (nSPS) is 19.1. The van der Waals surface area contributed by atoms with Gasteiger partial charge in [0.25, 0.3) is 0 Å². The number of likely N-dealkylation sites (N-methyl/N-ethyl adjacent to an activating group) is 1. The number of pyridine rings is 1. The molecule has 2 aromatic rings. The maximum Gasteiger partial charge on any atom is 0.319 e. The highest BCUT2D eigenvalue weighted by Crippen LogP contribution is 2.29. The minimum atomic E-state index is -0.310. The molecule has 1 aromatic carbocycles. The van der Waals surface area contributed by atoms with Crippen molar-refractivity contribution in [3.63, 3.8) is 0 Å². The van der Waals surface area contributed by atoms with Gasteiger partial charge in [0.1, 0.15) is 11.9 Å². The number of aliphatic hydroxyl groups excluding tert-OH is 1. The van der Waals surface area contributed by atoms with Gasteiger partial charge in [-0.05, 0) is 63.7 Å². The number of aliphatic hydroxyl groups is 1. The van der Waals surface area contributed by atoms with E-state index in [2.05, 4.69) is 27.4 Å². The molecular formula is C27H39N5O4. The van der Waals surface area contributed by atoms with Crippen LogP contribution in [0, 0.1) is 5.92 Å². The zero-order chi connectivity index (χ0) is 26.2. The summed E-state index contributed by atoms with van der Waals surface area (Å²) in [6, 6.07) is 8.78. The maximum atomic E-state index is 13.3. The number of benzene rings is 1. The van der Waals surface area contributed by atoms with Gasteiger partial charge in [-0.15, -0.1) is 0 Å². The molecule has 0 unspecified atom stereocenters. The van der Waals surface area contributed by atoms with Crippen LogP contribution >= 0.6 is 0 Å². The van der Waals surface area contributed by atoms with Gasteiger partial charge < -0.3 is 25.4 Å². The van der Waals surface area contributed by atoms with Crippen molar-refractivity contribution in [1.82, 2.24) is 20.1 Å². The summed E-state index contributed by atoms with van der Waals surface area (Å²) < 4.78 is 6.55. The molecule has 2 heterocycles. The molecule has 0 radical (unpaired) electrons. The number of anilines is 1. The summed E-state index contributed by atoms with van der Waals surface area (Å²) >= 11 is 0. The molecule has 9 nitrogen and oxygen atoms in total. The Labute approximate surface area is 213 Å². The van der Waals surface area contributed by atoms with Crippen molar-refractivity contribution in [2.45, 2.75) is 58.8 Å². The van der Waals surface area contributed by atoms with Gasteiger partial charge in [0.2, 0.25) is 5.91 Å². The lowest BCUT2D eigenvalue weighted by atomic mass is 10.0. The molecule has 1 aromatic heterocycles. The Bertz CT molecular complexity index is 1020. The molecule has 3 rings (SSSR count). The van der Waals surface area contributed by atoms with E-state index in [0.717, 1.165) is 12.1 Å². The predicted octanol–water partition coefficient (Wildman–Crippen LogP) is 2.89. The minimum absolute atomic E-state index is 0.00248. The molecule has 0 spiro atoms. The number of rotatable bonds is 8. The molecule has 3 atom stereocenters. The summed E-state index contributed by atoms with van der Waals surface area (Å²) in [5.41, 5.74) is 2.45. The molecule has 3 N–H and O–H groups in total. The second-order valence-corrected chi connectivity index (χ2v) is 10.0. The number of ether oxygens (including phenoxy) is 1. The van der Waals surface area contributed by atoms with Crippen molar-refractivity contribution in [2.24, 2.45) is 5.92 Å². The highest BCUT2D eigenvalue weighted by atomic mass is 16.5. The van der Waals surface area contributed by atoms with Gasteiger partial charge in [-0.2, -0.15) is 0 Å². The Morgan fingerprint density at radius 2 is 1.97 bits per heavy atom. The first kappa shape index (κ1) is 27.4. The number of nitrogens with zero attached hydrogens (tertiary/aromatic N) is 3. The predicted molar refractivity (Wildman–Crippen MR) is 140 cm³/mol. The van der Waals surface area contributed by atoms with Gasteiger partial charge in [0.15, 0.2) is 0 Å². The van der Waals surface area contributed by atoms with Crippen LogP contribution in [0.25, 0.3) is 0 Å².